The molecule has 1 heterocycles. The fourth-order valence-corrected chi connectivity index (χ4v) is 3.86. The molecule has 2 aromatic carbocycles. The molecule has 0 saturated carbocycles. The third kappa shape index (κ3) is 4.17. The number of hydrogen-bond donors (Lipinski definition) is 2. The summed E-state index contributed by atoms with van der Waals surface area (Å²) in [6.07, 6.45) is -0.539. The van der Waals surface area contributed by atoms with Gasteiger partial charge in [-0.15, -0.1) is 0 Å². The van der Waals surface area contributed by atoms with Crippen LogP contribution in [-0.2, 0) is 19.6 Å². The monoisotopic (exact) mass is 406 g/mol. The molecule has 3 rings (SSSR count). The summed E-state index contributed by atoms with van der Waals surface area (Å²) in [6, 6.07) is 10.6. The summed E-state index contributed by atoms with van der Waals surface area (Å²) in [7, 11) is -3.95. The van der Waals surface area contributed by atoms with Crippen molar-refractivity contribution in [1.29, 1.82) is 0 Å². The van der Waals surface area contributed by atoms with Gasteiger partial charge in [0.2, 0.25) is 0 Å². The zero-order valence-corrected chi connectivity index (χ0v) is 15.7. The van der Waals surface area contributed by atoms with Crippen LogP contribution < -0.4 is 14.4 Å². The molecular weight excluding hydrogens is 388 g/mol. The molecule has 0 aromatic heterocycles. The number of carbonyl (C=O) groups is 2. The Morgan fingerprint density at radius 1 is 1.29 bits per heavy atom. The molecule has 0 atom stereocenters. The molecule has 1 aliphatic rings. The van der Waals surface area contributed by atoms with Crippen LogP contribution in [0.15, 0.2) is 47.4 Å². The number of cyclic esters (lactones) is 1. The van der Waals surface area contributed by atoms with Crippen molar-refractivity contribution in [2.75, 3.05) is 29.4 Å². The molecule has 2 N–H and O–H groups in total. The molecule has 1 fully saturated rings. The Bertz CT molecular complexity index is 1020. The highest BCUT2D eigenvalue weighted by Crippen LogP contribution is 2.30. The largest absolute Gasteiger partial charge is 0.482 e. The summed E-state index contributed by atoms with van der Waals surface area (Å²) in [5.41, 5.74) is 1.11. The first kappa shape index (κ1) is 19.5. The highest BCUT2D eigenvalue weighted by Gasteiger charge is 2.27. The maximum absolute atomic E-state index is 12.8. The van der Waals surface area contributed by atoms with Crippen molar-refractivity contribution in [3.63, 3.8) is 0 Å². The molecule has 10 heteroatoms. The Labute approximate surface area is 161 Å². The maximum atomic E-state index is 12.8. The number of para-hydroxylation sites is 2. The minimum absolute atomic E-state index is 0.0218. The van der Waals surface area contributed by atoms with Crippen LogP contribution in [-0.4, -0.2) is 45.3 Å². The Hall–Kier alpha value is -3.27. The minimum atomic E-state index is -3.95. The summed E-state index contributed by atoms with van der Waals surface area (Å²) in [5.74, 6) is -0.851. The van der Waals surface area contributed by atoms with Gasteiger partial charge in [-0.25, -0.2) is 18.0 Å². The Kier molecular flexibility index (Phi) is 5.41. The van der Waals surface area contributed by atoms with Gasteiger partial charge in [-0.05, 0) is 42.8 Å². The van der Waals surface area contributed by atoms with Gasteiger partial charge in [0.15, 0.2) is 6.61 Å². The quantitative estimate of drug-likeness (QED) is 0.723. The lowest BCUT2D eigenvalue weighted by Crippen LogP contribution is -2.25. The van der Waals surface area contributed by atoms with Crippen molar-refractivity contribution < 1.29 is 32.6 Å². The minimum Gasteiger partial charge on any atom is -0.482 e. The number of nitrogens with one attached hydrogen (secondary N) is 1. The van der Waals surface area contributed by atoms with E-state index >= 15 is 0 Å². The lowest BCUT2D eigenvalue weighted by Gasteiger charge is -2.18. The first-order valence-corrected chi connectivity index (χ1v) is 9.77. The van der Waals surface area contributed by atoms with E-state index in [4.69, 9.17) is 14.6 Å². The van der Waals surface area contributed by atoms with Gasteiger partial charge >= 0.3 is 12.1 Å². The number of sulfonamides is 1. The molecular formula is C18H18N2O7S. The molecule has 0 aliphatic carbocycles. The number of carboxylic acids is 1. The smallest absolute Gasteiger partial charge is 0.414 e. The fourth-order valence-electron chi connectivity index (χ4n) is 2.70. The van der Waals surface area contributed by atoms with Crippen LogP contribution in [0.1, 0.15) is 5.56 Å². The van der Waals surface area contributed by atoms with E-state index < -0.39 is 28.7 Å². The predicted molar refractivity (Wildman–Crippen MR) is 100 cm³/mol. The van der Waals surface area contributed by atoms with E-state index in [0.29, 0.717) is 17.8 Å². The molecule has 9 nitrogen and oxygen atoms in total. The highest BCUT2D eigenvalue weighted by molar-refractivity contribution is 7.92. The number of amides is 1. The highest BCUT2D eigenvalue weighted by atomic mass is 32.2. The van der Waals surface area contributed by atoms with E-state index in [1.165, 1.54) is 23.1 Å². The van der Waals surface area contributed by atoms with Crippen LogP contribution in [0.5, 0.6) is 5.75 Å². The molecule has 0 radical (unpaired) electrons. The van der Waals surface area contributed by atoms with Gasteiger partial charge < -0.3 is 14.6 Å². The van der Waals surface area contributed by atoms with Crippen LogP contribution in [0.3, 0.4) is 0 Å². The number of carboxylic acid groups (broad SMARTS) is 1. The number of hydrogen-bond acceptors (Lipinski definition) is 6. The van der Waals surface area contributed by atoms with Crippen molar-refractivity contribution in [3.05, 3.63) is 48.0 Å². The number of nitrogens with zero attached hydrogens (tertiary/aromatic N) is 1. The van der Waals surface area contributed by atoms with Crippen molar-refractivity contribution >= 4 is 33.5 Å². The Balaban J connectivity index is 1.86. The summed E-state index contributed by atoms with van der Waals surface area (Å²) < 4.78 is 38.1. The van der Waals surface area contributed by atoms with Gasteiger partial charge in [-0.2, -0.15) is 0 Å². The van der Waals surface area contributed by atoms with E-state index in [1.807, 2.05) is 0 Å². The van der Waals surface area contributed by atoms with Crippen LogP contribution in [0.4, 0.5) is 16.2 Å². The number of aliphatic carboxylic acids is 1. The van der Waals surface area contributed by atoms with Gasteiger partial charge in [0, 0.05) is 0 Å². The SMILES string of the molecule is Cc1cc(S(=O)(=O)Nc2ccccc2N2CCOC2=O)ccc1OCC(=O)O. The van der Waals surface area contributed by atoms with Crippen LogP contribution in [0.2, 0.25) is 0 Å². The Morgan fingerprint density at radius 2 is 2.04 bits per heavy atom. The zero-order chi connectivity index (χ0) is 20.3. The van der Waals surface area contributed by atoms with Gasteiger partial charge in [-0.3, -0.25) is 9.62 Å². The molecule has 1 saturated heterocycles. The van der Waals surface area contributed by atoms with Crippen LogP contribution in [0, 0.1) is 6.92 Å². The van der Waals surface area contributed by atoms with Crippen molar-refractivity contribution in [2.24, 2.45) is 0 Å². The summed E-state index contributed by atoms with van der Waals surface area (Å²) >= 11 is 0. The lowest BCUT2D eigenvalue weighted by atomic mass is 10.2. The van der Waals surface area contributed by atoms with Crippen molar-refractivity contribution in [1.82, 2.24) is 0 Å². The maximum Gasteiger partial charge on any atom is 0.414 e. The second-order valence-corrected chi connectivity index (χ2v) is 7.68. The first-order valence-electron chi connectivity index (χ1n) is 8.29. The normalized spacial score (nSPS) is 13.9. The number of carbonyl (C=O) groups excluding carboxylic acids is 1. The van der Waals surface area contributed by atoms with Crippen molar-refractivity contribution in [2.45, 2.75) is 11.8 Å². The zero-order valence-electron chi connectivity index (χ0n) is 14.9. The van der Waals surface area contributed by atoms with Gasteiger partial charge in [0.05, 0.1) is 22.8 Å². The summed E-state index contributed by atoms with van der Waals surface area (Å²) in [6.45, 7) is 1.65. The molecule has 1 amide bonds. The second-order valence-electron chi connectivity index (χ2n) is 6.00. The van der Waals surface area contributed by atoms with Gasteiger partial charge in [-0.1, -0.05) is 12.1 Å². The predicted octanol–water partition coefficient (Wildman–Crippen LogP) is 2.22. The molecule has 28 heavy (non-hydrogen) atoms. The summed E-state index contributed by atoms with van der Waals surface area (Å²) in [5, 5.41) is 8.68. The number of aryl methyl sites for hydroxylation is 1. The standard InChI is InChI=1S/C18H18N2O7S/c1-12-10-13(6-7-16(12)27-11-17(21)22)28(24,25)19-14-4-2-3-5-15(14)20-8-9-26-18(20)23/h2-7,10,19H,8-9,11H2,1H3,(H,21,22). The van der Waals surface area contributed by atoms with E-state index in [1.54, 1.807) is 31.2 Å². The topological polar surface area (TPSA) is 122 Å². The van der Waals surface area contributed by atoms with Crippen molar-refractivity contribution in [3.8, 4) is 5.75 Å². The van der Waals surface area contributed by atoms with Gasteiger partial charge in [0.1, 0.15) is 12.4 Å². The van der Waals surface area contributed by atoms with E-state index in [0.717, 1.165) is 0 Å². The Morgan fingerprint density at radius 3 is 2.68 bits per heavy atom. The van der Waals surface area contributed by atoms with E-state index in [2.05, 4.69) is 4.72 Å². The molecule has 1 aliphatic heterocycles. The fraction of sp³-hybridized carbons (Fsp3) is 0.222. The average Bonchev–Trinajstić information content (AvgIpc) is 3.06. The molecule has 0 unspecified atom stereocenters. The van der Waals surface area contributed by atoms with E-state index in [-0.39, 0.29) is 22.9 Å². The molecule has 0 spiro atoms. The second kappa shape index (κ2) is 7.77. The summed E-state index contributed by atoms with van der Waals surface area (Å²) in [4.78, 5) is 23.8. The van der Waals surface area contributed by atoms with Crippen LogP contribution >= 0.6 is 0 Å². The molecule has 0 bridgehead atoms. The number of ether oxygens (including phenoxy) is 2. The lowest BCUT2D eigenvalue weighted by molar-refractivity contribution is -0.139. The first-order chi connectivity index (χ1) is 13.3. The molecule has 2 aromatic rings. The number of benzene rings is 2. The number of rotatable bonds is 7. The van der Waals surface area contributed by atoms with Gasteiger partial charge in [0.25, 0.3) is 10.0 Å². The third-order valence-corrected chi connectivity index (χ3v) is 5.37. The molecule has 148 valence electrons. The number of anilines is 2. The third-order valence-electron chi connectivity index (χ3n) is 4.01. The van der Waals surface area contributed by atoms with E-state index in [9.17, 15) is 18.0 Å². The van der Waals surface area contributed by atoms with Crippen LogP contribution in [0.25, 0.3) is 0 Å². The average molecular weight is 406 g/mol.